The van der Waals surface area contributed by atoms with Crippen LogP contribution in [0.5, 0.6) is 0 Å². The van der Waals surface area contributed by atoms with Gasteiger partial charge >= 0.3 is 0 Å². The van der Waals surface area contributed by atoms with E-state index in [-0.39, 0.29) is 5.41 Å². The molecule has 0 amide bonds. The Hall–Kier alpha value is -6.18. The van der Waals surface area contributed by atoms with Gasteiger partial charge in [-0.05, 0) is 107 Å². The highest BCUT2D eigenvalue weighted by Crippen LogP contribution is 2.51. The molecule has 0 spiro atoms. The summed E-state index contributed by atoms with van der Waals surface area (Å²) in [7, 11) is 0. The van der Waals surface area contributed by atoms with Gasteiger partial charge in [-0.2, -0.15) is 0 Å². The Bertz CT molecular complexity index is 2750. The van der Waals surface area contributed by atoms with Gasteiger partial charge in [-0.3, -0.25) is 0 Å². The van der Waals surface area contributed by atoms with Crippen LogP contribution in [-0.4, -0.2) is 0 Å². The van der Waals surface area contributed by atoms with Crippen molar-refractivity contribution >= 4 is 60.2 Å². The topological polar surface area (TPSA) is 3.24 Å². The molecule has 1 aliphatic rings. The molecule has 10 rings (SSSR count). The molecule has 50 heavy (non-hydrogen) atoms. The van der Waals surface area contributed by atoms with Crippen LogP contribution >= 0.6 is 0 Å². The number of anilines is 3. The Balaban J connectivity index is 1.12. The first-order valence-electron chi connectivity index (χ1n) is 17.5. The van der Waals surface area contributed by atoms with Crippen LogP contribution < -0.4 is 4.90 Å². The van der Waals surface area contributed by atoms with E-state index in [0.717, 1.165) is 11.4 Å². The van der Waals surface area contributed by atoms with Crippen molar-refractivity contribution in [2.75, 3.05) is 4.90 Å². The zero-order valence-electron chi connectivity index (χ0n) is 28.2. The molecule has 0 heterocycles. The Morgan fingerprint density at radius 1 is 0.360 bits per heavy atom. The highest BCUT2D eigenvalue weighted by atomic mass is 15.1. The lowest BCUT2D eigenvalue weighted by Gasteiger charge is -2.29. The van der Waals surface area contributed by atoms with E-state index in [1.165, 1.54) is 82.2 Å². The van der Waals surface area contributed by atoms with Gasteiger partial charge in [0.15, 0.2) is 0 Å². The van der Waals surface area contributed by atoms with Crippen LogP contribution in [0.25, 0.3) is 65.3 Å². The van der Waals surface area contributed by atoms with Crippen LogP contribution in [0.2, 0.25) is 0 Å². The van der Waals surface area contributed by atoms with Gasteiger partial charge in [0, 0.05) is 22.2 Å². The molecule has 0 unspecified atom stereocenters. The minimum absolute atomic E-state index is 0.0815. The SMILES string of the molecule is CC1(C)c2ccccc2-c2ccc(N(c3ccc(-c4ccc5c6ccccc6c6ccccc6c5c4)cc3)c3cccc4ccccc34)cc21. The second kappa shape index (κ2) is 10.9. The van der Waals surface area contributed by atoms with Crippen molar-refractivity contribution < 1.29 is 0 Å². The van der Waals surface area contributed by atoms with Crippen molar-refractivity contribution in [2.24, 2.45) is 0 Å². The lowest BCUT2D eigenvalue weighted by atomic mass is 9.82. The normalized spacial score (nSPS) is 13.2. The molecule has 9 aromatic rings. The second-order valence-corrected chi connectivity index (χ2v) is 14.1. The fourth-order valence-corrected chi connectivity index (χ4v) is 8.55. The average Bonchev–Trinajstić information content (AvgIpc) is 3.41. The van der Waals surface area contributed by atoms with Crippen molar-refractivity contribution in [1.82, 2.24) is 0 Å². The van der Waals surface area contributed by atoms with Crippen molar-refractivity contribution in [3.05, 3.63) is 187 Å². The molecule has 9 aromatic carbocycles. The molecule has 1 aliphatic carbocycles. The molecule has 1 heteroatoms. The maximum atomic E-state index is 2.44. The molecule has 0 radical (unpaired) electrons. The summed E-state index contributed by atoms with van der Waals surface area (Å²) in [5.41, 5.74) is 11.3. The van der Waals surface area contributed by atoms with E-state index in [9.17, 15) is 0 Å². The largest absolute Gasteiger partial charge is 0.310 e. The van der Waals surface area contributed by atoms with Crippen LogP contribution in [0, 0.1) is 0 Å². The number of rotatable bonds is 4. The molecule has 0 aromatic heterocycles. The summed E-state index contributed by atoms with van der Waals surface area (Å²) in [4.78, 5) is 2.44. The summed E-state index contributed by atoms with van der Waals surface area (Å²) >= 11 is 0. The number of hydrogen-bond acceptors (Lipinski definition) is 1. The zero-order valence-corrected chi connectivity index (χ0v) is 28.2. The van der Waals surface area contributed by atoms with Crippen LogP contribution in [0.1, 0.15) is 25.0 Å². The highest BCUT2D eigenvalue weighted by Gasteiger charge is 2.35. The molecule has 0 N–H and O–H groups in total. The predicted octanol–water partition coefficient (Wildman–Crippen LogP) is 13.7. The van der Waals surface area contributed by atoms with E-state index in [0.29, 0.717) is 0 Å². The average molecular weight is 638 g/mol. The molecule has 0 aliphatic heterocycles. The fourth-order valence-electron chi connectivity index (χ4n) is 8.55. The number of nitrogens with zero attached hydrogens (tertiary/aromatic N) is 1. The molecular weight excluding hydrogens is 603 g/mol. The highest BCUT2D eigenvalue weighted by molar-refractivity contribution is 6.25. The van der Waals surface area contributed by atoms with E-state index in [2.05, 4.69) is 195 Å². The minimum Gasteiger partial charge on any atom is -0.310 e. The maximum absolute atomic E-state index is 2.44. The van der Waals surface area contributed by atoms with Crippen molar-refractivity contribution in [3.63, 3.8) is 0 Å². The molecule has 236 valence electrons. The molecule has 0 saturated heterocycles. The fraction of sp³-hybridized carbons (Fsp3) is 0.0612. The Morgan fingerprint density at radius 3 is 1.64 bits per heavy atom. The lowest BCUT2D eigenvalue weighted by molar-refractivity contribution is 0.660. The van der Waals surface area contributed by atoms with Crippen LogP contribution in [0.15, 0.2) is 176 Å². The van der Waals surface area contributed by atoms with Crippen molar-refractivity contribution in [1.29, 1.82) is 0 Å². The van der Waals surface area contributed by atoms with Gasteiger partial charge in [-0.15, -0.1) is 0 Å². The quantitative estimate of drug-likeness (QED) is 0.174. The third-order valence-corrected chi connectivity index (χ3v) is 11.0. The zero-order chi connectivity index (χ0) is 33.4. The number of benzene rings is 9. The van der Waals surface area contributed by atoms with E-state index in [1.54, 1.807) is 0 Å². The van der Waals surface area contributed by atoms with E-state index < -0.39 is 0 Å². The summed E-state index contributed by atoms with van der Waals surface area (Å²) in [6, 6.07) is 64.9. The van der Waals surface area contributed by atoms with Crippen molar-refractivity contribution in [2.45, 2.75) is 19.3 Å². The van der Waals surface area contributed by atoms with E-state index in [4.69, 9.17) is 0 Å². The number of hydrogen-bond donors (Lipinski definition) is 0. The first-order chi connectivity index (χ1) is 24.6. The monoisotopic (exact) mass is 637 g/mol. The van der Waals surface area contributed by atoms with Gasteiger partial charge in [0.05, 0.1) is 5.69 Å². The van der Waals surface area contributed by atoms with Crippen LogP contribution in [-0.2, 0) is 5.41 Å². The van der Waals surface area contributed by atoms with Crippen molar-refractivity contribution in [3.8, 4) is 22.3 Å². The van der Waals surface area contributed by atoms with Gasteiger partial charge in [-0.25, -0.2) is 0 Å². The summed E-state index contributed by atoms with van der Waals surface area (Å²) < 4.78 is 0. The third-order valence-electron chi connectivity index (χ3n) is 11.0. The van der Waals surface area contributed by atoms with Gasteiger partial charge in [0.25, 0.3) is 0 Å². The Labute approximate surface area is 292 Å². The van der Waals surface area contributed by atoms with Crippen LogP contribution in [0.4, 0.5) is 17.1 Å². The standard InChI is InChI=1S/C49H35N/c1-49(2)46-20-10-9-19-43(46)44-29-27-36(31-47(44)49)50(48-21-11-13-33-12-3-4-14-37(33)48)35-25-22-32(23-26-35)34-24-28-42-40-17-6-5-15-38(40)39-16-7-8-18-41(39)45(42)30-34/h3-31H,1-2H3. The summed E-state index contributed by atoms with van der Waals surface area (Å²) in [5, 5.41) is 10.3. The minimum atomic E-state index is -0.0815. The summed E-state index contributed by atoms with van der Waals surface area (Å²) in [5.74, 6) is 0. The maximum Gasteiger partial charge on any atom is 0.0540 e. The Kier molecular flexibility index (Phi) is 6.29. The first-order valence-corrected chi connectivity index (χ1v) is 17.5. The Morgan fingerprint density at radius 2 is 0.900 bits per heavy atom. The smallest absolute Gasteiger partial charge is 0.0540 e. The van der Waals surface area contributed by atoms with Crippen LogP contribution in [0.3, 0.4) is 0 Å². The molecule has 1 nitrogen and oxygen atoms in total. The number of fused-ring (bicyclic) bond motifs is 10. The van der Waals surface area contributed by atoms with E-state index in [1.807, 2.05) is 0 Å². The first kappa shape index (κ1) is 28.8. The molecule has 0 atom stereocenters. The van der Waals surface area contributed by atoms with Gasteiger partial charge in [0.1, 0.15) is 0 Å². The lowest BCUT2D eigenvalue weighted by Crippen LogP contribution is -2.16. The second-order valence-electron chi connectivity index (χ2n) is 14.1. The van der Waals surface area contributed by atoms with Gasteiger partial charge in [-0.1, -0.05) is 153 Å². The third kappa shape index (κ3) is 4.27. The van der Waals surface area contributed by atoms with Gasteiger partial charge in [0.2, 0.25) is 0 Å². The summed E-state index contributed by atoms with van der Waals surface area (Å²) in [6.45, 7) is 4.71. The molecule has 0 saturated carbocycles. The predicted molar refractivity (Wildman–Crippen MR) is 214 cm³/mol. The molecule has 0 fully saturated rings. The van der Waals surface area contributed by atoms with Gasteiger partial charge < -0.3 is 4.90 Å². The molecular formula is C49H35N. The van der Waals surface area contributed by atoms with E-state index >= 15 is 0 Å². The molecule has 0 bridgehead atoms. The summed E-state index contributed by atoms with van der Waals surface area (Å²) in [6.07, 6.45) is 0.